The lowest BCUT2D eigenvalue weighted by molar-refractivity contribution is -0.139. The number of ether oxygens (including phenoxy) is 1. The minimum Gasteiger partial charge on any atom is -0.487 e. The quantitative estimate of drug-likeness (QED) is 0.278. The minimum atomic E-state index is -4.44. The Balaban J connectivity index is 1.52. The van der Waals surface area contributed by atoms with E-state index in [0.29, 0.717) is 35.6 Å². The average molecular weight is 540 g/mol. The number of fused-ring (bicyclic) bond motifs is 1. The van der Waals surface area contributed by atoms with Crippen LogP contribution in [0.5, 0.6) is 5.75 Å². The Morgan fingerprint density at radius 1 is 1.08 bits per heavy atom. The minimum absolute atomic E-state index is 0.0709. The van der Waals surface area contributed by atoms with Crippen molar-refractivity contribution in [3.8, 4) is 5.75 Å². The molecule has 3 unspecified atom stereocenters. The number of benzene rings is 3. The Morgan fingerprint density at radius 3 is 2.46 bits per heavy atom. The van der Waals surface area contributed by atoms with Crippen LogP contribution in [0.1, 0.15) is 60.5 Å². The zero-order valence-corrected chi connectivity index (χ0v) is 21.8. The van der Waals surface area contributed by atoms with Gasteiger partial charge in [0.25, 0.3) is 5.91 Å². The second kappa shape index (κ2) is 11.9. The highest BCUT2D eigenvalue weighted by atomic mass is 19.4. The van der Waals surface area contributed by atoms with Crippen molar-refractivity contribution in [1.29, 1.82) is 0 Å². The number of carboxylic acids is 1. The van der Waals surface area contributed by atoms with E-state index in [1.165, 1.54) is 17.7 Å². The van der Waals surface area contributed by atoms with E-state index in [0.717, 1.165) is 36.8 Å². The van der Waals surface area contributed by atoms with Crippen molar-refractivity contribution in [3.63, 3.8) is 0 Å². The van der Waals surface area contributed by atoms with E-state index in [-0.39, 0.29) is 17.9 Å². The number of halogens is 3. The predicted molar refractivity (Wildman–Crippen MR) is 143 cm³/mol. The number of carbonyl (C=O) groups is 2. The highest BCUT2D eigenvalue weighted by molar-refractivity contribution is 6.04. The molecule has 1 fully saturated rings. The van der Waals surface area contributed by atoms with Crippen LogP contribution in [0, 0.1) is 11.8 Å². The number of aliphatic carboxylic acids is 1. The van der Waals surface area contributed by atoms with Gasteiger partial charge in [0, 0.05) is 5.39 Å². The first-order chi connectivity index (χ1) is 18.5. The summed E-state index contributed by atoms with van der Waals surface area (Å²) in [4.78, 5) is 25.4. The van der Waals surface area contributed by atoms with E-state index in [9.17, 15) is 27.9 Å². The molecule has 0 heterocycles. The van der Waals surface area contributed by atoms with E-state index in [1.807, 2.05) is 12.1 Å². The van der Waals surface area contributed by atoms with Crippen molar-refractivity contribution in [2.45, 2.75) is 57.9 Å². The van der Waals surface area contributed by atoms with E-state index in [1.54, 1.807) is 24.3 Å². The summed E-state index contributed by atoms with van der Waals surface area (Å²) in [5.41, 5.74) is 1.07. The molecular weight excluding hydrogens is 507 g/mol. The maximum Gasteiger partial charge on any atom is 0.416 e. The molecule has 0 radical (unpaired) electrons. The molecule has 0 aliphatic heterocycles. The van der Waals surface area contributed by atoms with Crippen molar-refractivity contribution >= 4 is 22.6 Å². The van der Waals surface area contributed by atoms with Crippen LogP contribution < -0.4 is 10.1 Å². The molecule has 0 aromatic heterocycles. The topological polar surface area (TPSA) is 75.6 Å². The molecule has 206 valence electrons. The first-order valence-electron chi connectivity index (χ1n) is 13.0. The summed E-state index contributed by atoms with van der Waals surface area (Å²) < 4.78 is 44.8. The molecule has 1 aliphatic carbocycles. The highest BCUT2D eigenvalue weighted by Gasteiger charge is 2.30. The van der Waals surface area contributed by atoms with Gasteiger partial charge in [-0.05, 0) is 73.1 Å². The molecule has 0 bridgehead atoms. The van der Waals surface area contributed by atoms with Crippen LogP contribution in [-0.4, -0.2) is 23.0 Å². The van der Waals surface area contributed by atoms with Crippen molar-refractivity contribution in [2.75, 3.05) is 0 Å². The number of nitrogens with one attached hydrogen (secondary N) is 1. The van der Waals surface area contributed by atoms with Crippen LogP contribution in [0.2, 0.25) is 0 Å². The Bertz CT molecular complexity index is 1350. The van der Waals surface area contributed by atoms with Gasteiger partial charge in [-0.2, -0.15) is 13.2 Å². The van der Waals surface area contributed by atoms with Gasteiger partial charge < -0.3 is 15.2 Å². The third-order valence-corrected chi connectivity index (χ3v) is 7.21. The molecule has 3 aromatic rings. The second-order valence-corrected chi connectivity index (χ2v) is 10.5. The predicted octanol–water partition coefficient (Wildman–Crippen LogP) is 7.39. The summed E-state index contributed by atoms with van der Waals surface area (Å²) in [5.74, 6) is -0.609. The Labute approximate surface area is 225 Å². The van der Waals surface area contributed by atoms with Gasteiger partial charge in [0.2, 0.25) is 0 Å². The summed E-state index contributed by atoms with van der Waals surface area (Å²) in [6, 6.07) is 14.1. The smallest absolute Gasteiger partial charge is 0.416 e. The summed E-state index contributed by atoms with van der Waals surface area (Å²) in [6.45, 7) is 6.20. The van der Waals surface area contributed by atoms with Crippen LogP contribution in [0.4, 0.5) is 13.2 Å². The number of carboxylic acid groups (broad SMARTS) is 1. The van der Waals surface area contributed by atoms with E-state index in [4.69, 9.17) is 4.74 Å². The molecule has 1 amide bonds. The molecule has 0 spiro atoms. The van der Waals surface area contributed by atoms with Crippen molar-refractivity contribution in [2.24, 2.45) is 11.8 Å². The van der Waals surface area contributed by atoms with Gasteiger partial charge in [-0.15, -0.1) is 0 Å². The second-order valence-electron chi connectivity index (χ2n) is 10.5. The molecule has 39 heavy (non-hydrogen) atoms. The molecule has 2 N–H and O–H groups in total. The Hall–Kier alpha value is -3.81. The van der Waals surface area contributed by atoms with Crippen LogP contribution in [-0.2, 0) is 17.6 Å². The van der Waals surface area contributed by atoms with Crippen LogP contribution in [0.3, 0.4) is 0 Å². The summed E-state index contributed by atoms with van der Waals surface area (Å²) in [5, 5.41) is 13.9. The number of hydrogen-bond donors (Lipinski definition) is 2. The van der Waals surface area contributed by atoms with E-state index < -0.39 is 29.7 Å². The number of carbonyl (C=O) groups excluding carboxylic acids is 1. The number of rotatable bonds is 9. The first-order valence-corrected chi connectivity index (χ1v) is 13.0. The summed E-state index contributed by atoms with van der Waals surface area (Å²) >= 11 is 0. The largest absolute Gasteiger partial charge is 0.487 e. The van der Waals surface area contributed by atoms with Crippen LogP contribution >= 0.6 is 0 Å². The molecule has 5 nitrogen and oxygen atoms in total. The molecule has 3 aromatic carbocycles. The average Bonchev–Trinajstić information content (AvgIpc) is 2.88. The van der Waals surface area contributed by atoms with Crippen molar-refractivity contribution in [3.05, 3.63) is 89.5 Å². The Kier molecular flexibility index (Phi) is 8.63. The lowest BCUT2D eigenvalue weighted by Gasteiger charge is -2.29. The number of allylic oxidation sites excluding steroid dienone is 1. The normalized spacial score (nSPS) is 18.5. The van der Waals surface area contributed by atoms with E-state index >= 15 is 0 Å². The van der Waals surface area contributed by atoms with Crippen molar-refractivity contribution < 1.29 is 32.6 Å². The zero-order valence-electron chi connectivity index (χ0n) is 21.8. The lowest BCUT2D eigenvalue weighted by atomic mass is 9.77. The lowest BCUT2D eigenvalue weighted by Crippen LogP contribution is -2.41. The number of amides is 1. The maximum atomic E-state index is 13.4. The van der Waals surface area contributed by atoms with Gasteiger partial charge in [-0.25, -0.2) is 4.79 Å². The van der Waals surface area contributed by atoms with Crippen LogP contribution in [0.25, 0.3) is 10.8 Å². The monoisotopic (exact) mass is 539 g/mol. The summed E-state index contributed by atoms with van der Waals surface area (Å²) in [6.07, 6.45) is -0.614. The third-order valence-electron chi connectivity index (χ3n) is 7.21. The summed E-state index contributed by atoms with van der Waals surface area (Å²) in [7, 11) is 0. The van der Waals surface area contributed by atoms with Gasteiger partial charge >= 0.3 is 12.1 Å². The zero-order chi connectivity index (χ0) is 28.2. The van der Waals surface area contributed by atoms with Gasteiger partial charge in [-0.1, -0.05) is 61.5 Å². The van der Waals surface area contributed by atoms with Gasteiger partial charge in [0.15, 0.2) is 0 Å². The molecule has 1 aliphatic rings. The molecule has 0 saturated heterocycles. The highest BCUT2D eigenvalue weighted by Crippen LogP contribution is 2.35. The molecule has 1 saturated carbocycles. The maximum absolute atomic E-state index is 13.4. The van der Waals surface area contributed by atoms with Gasteiger partial charge in [0.1, 0.15) is 18.4 Å². The standard InChI is InChI=1S/C31H32F3NO4/c1-19-15-20(2)17-22(16-19)9-14-27(30(37)38)35-29(36)26-13-10-23-5-3-4-6-25(23)28(26)39-18-21-7-11-24(12-8-21)31(32,33)34/h3-8,10-13,20,22,27H,1,9,14-18H2,2H3,(H,35,36)(H,37,38). The van der Waals surface area contributed by atoms with Crippen molar-refractivity contribution in [1.82, 2.24) is 5.32 Å². The molecular formula is C31H32F3NO4. The van der Waals surface area contributed by atoms with Gasteiger partial charge in [0.05, 0.1) is 11.1 Å². The fourth-order valence-electron chi connectivity index (χ4n) is 5.36. The third kappa shape index (κ3) is 7.19. The number of hydrogen-bond acceptors (Lipinski definition) is 3. The van der Waals surface area contributed by atoms with E-state index in [2.05, 4.69) is 18.8 Å². The Morgan fingerprint density at radius 2 is 1.79 bits per heavy atom. The SMILES string of the molecule is C=C1CC(C)CC(CCC(NC(=O)c2ccc3ccccc3c2OCc2ccc(C(F)(F)F)cc2)C(=O)O)C1. The first kappa shape index (κ1) is 28.2. The number of alkyl halides is 3. The van der Waals surface area contributed by atoms with Crippen LogP contribution in [0.15, 0.2) is 72.8 Å². The molecule has 8 heteroatoms. The fraction of sp³-hybridized carbons (Fsp3) is 0.355. The fourth-order valence-corrected chi connectivity index (χ4v) is 5.36. The van der Waals surface area contributed by atoms with Gasteiger partial charge in [-0.3, -0.25) is 4.79 Å². The molecule has 4 rings (SSSR count). The molecule has 3 atom stereocenters.